The van der Waals surface area contributed by atoms with Crippen LogP contribution in [0.2, 0.25) is 0 Å². The van der Waals surface area contributed by atoms with Gasteiger partial charge in [0.1, 0.15) is 5.52 Å². The molecule has 6 nitrogen and oxygen atoms in total. The van der Waals surface area contributed by atoms with E-state index in [2.05, 4.69) is 60.0 Å². The van der Waals surface area contributed by atoms with Crippen LogP contribution >= 0.6 is 0 Å². The van der Waals surface area contributed by atoms with E-state index in [9.17, 15) is 0 Å². The van der Waals surface area contributed by atoms with Crippen LogP contribution in [0.3, 0.4) is 0 Å². The number of likely N-dealkylation sites (tertiary alicyclic amines) is 1. The van der Waals surface area contributed by atoms with Gasteiger partial charge >= 0.3 is 0 Å². The molecular formula is C25H29N5O. The highest BCUT2D eigenvalue weighted by Gasteiger charge is 2.30. The maximum Gasteiger partial charge on any atom is 0.227 e. The Kier molecular flexibility index (Phi) is 4.77. The fourth-order valence-electron chi connectivity index (χ4n) is 4.94. The van der Waals surface area contributed by atoms with Crippen molar-refractivity contribution in [2.75, 3.05) is 7.05 Å². The Labute approximate surface area is 182 Å². The van der Waals surface area contributed by atoms with Crippen molar-refractivity contribution in [3.63, 3.8) is 0 Å². The minimum Gasteiger partial charge on any atom is -0.436 e. The molecule has 3 aromatic heterocycles. The Morgan fingerprint density at radius 2 is 1.68 bits per heavy atom. The fourth-order valence-corrected chi connectivity index (χ4v) is 4.94. The van der Waals surface area contributed by atoms with Gasteiger partial charge in [0.05, 0.1) is 16.9 Å². The van der Waals surface area contributed by atoms with E-state index >= 15 is 0 Å². The minimum atomic E-state index is 0.452. The molecule has 1 aliphatic rings. The molecule has 0 saturated carbocycles. The zero-order valence-corrected chi connectivity index (χ0v) is 19.1. The van der Waals surface area contributed by atoms with Crippen molar-refractivity contribution in [2.24, 2.45) is 0 Å². The zero-order chi connectivity index (χ0) is 21.9. The van der Waals surface area contributed by atoms with Gasteiger partial charge in [-0.25, -0.2) is 4.98 Å². The Balaban J connectivity index is 1.54. The average Bonchev–Trinajstić information content (AvgIpc) is 3.16. The van der Waals surface area contributed by atoms with Crippen molar-refractivity contribution in [3.05, 3.63) is 46.9 Å². The van der Waals surface area contributed by atoms with E-state index in [-0.39, 0.29) is 0 Å². The zero-order valence-electron chi connectivity index (χ0n) is 19.1. The van der Waals surface area contributed by atoms with E-state index in [1.807, 2.05) is 26.0 Å². The molecule has 5 rings (SSSR count). The van der Waals surface area contributed by atoms with Gasteiger partial charge in [0.2, 0.25) is 5.89 Å². The van der Waals surface area contributed by atoms with Crippen molar-refractivity contribution in [1.29, 1.82) is 0 Å². The van der Waals surface area contributed by atoms with Crippen molar-refractivity contribution >= 4 is 22.0 Å². The highest BCUT2D eigenvalue weighted by molar-refractivity contribution is 5.87. The summed E-state index contributed by atoms with van der Waals surface area (Å²) < 4.78 is 6.07. The number of nitrogens with zero attached hydrogens (tertiary/aromatic N) is 5. The molecule has 0 spiro atoms. The number of pyridine rings is 1. The molecule has 0 radical (unpaired) electrons. The van der Waals surface area contributed by atoms with Gasteiger partial charge in [0.15, 0.2) is 5.58 Å². The average molecular weight is 416 g/mol. The summed E-state index contributed by atoms with van der Waals surface area (Å²) in [5.74, 6) is 1.05. The predicted octanol–water partition coefficient (Wildman–Crippen LogP) is 5.34. The summed E-state index contributed by atoms with van der Waals surface area (Å²) in [6, 6.07) is 9.43. The van der Waals surface area contributed by atoms with Crippen LogP contribution in [0.1, 0.15) is 55.3 Å². The molecule has 1 fully saturated rings. The van der Waals surface area contributed by atoms with E-state index in [4.69, 9.17) is 9.40 Å². The summed E-state index contributed by atoms with van der Waals surface area (Å²) in [5, 5.41) is 10.4. The standard InChI is InChI=1S/C25H29N5O/c1-13-7-19(25-27-24-17(5)26-14(2)8-23(24)31-25)11-22-20(13)12-21(28-29-22)18-9-15(3)30(6)16(4)10-18/h7-8,11-12,15-16,18H,9-10H2,1-6H3/t15-,16+,18?. The number of benzene rings is 1. The van der Waals surface area contributed by atoms with Crippen LogP contribution in [0.5, 0.6) is 0 Å². The van der Waals surface area contributed by atoms with E-state index in [1.165, 1.54) is 0 Å². The number of rotatable bonds is 2. The lowest BCUT2D eigenvalue weighted by atomic mass is 9.85. The first-order valence-electron chi connectivity index (χ1n) is 11.0. The number of fused-ring (bicyclic) bond motifs is 2. The number of piperidine rings is 1. The molecule has 0 amide bonds. The molecule has 1 unspecified atom stereocenters. The largest absolute Gasteiger partial charge is 0.436 e. The third-order valence-corrected chi connectivity index (χ3v) is 6.92. The molecule has 0 bridgehead atoms. The lowest BCUT2D eigenvalue weighted by molar-refractivity contribution is 0.121. The lowest BCUT2D eigenvalue weighted by Gasteiger charge is -2.40. The third-order valence-electron chi connectivity index (χ3n) is 6.92. The van der Waals surface area contributed by atoms with E-state index in [0.717, 1.165) is 63.1 Å². The van der Waals surface area contributed by atoms with Gasteiger partial charge in [-0.05, 0) is 78.3 Å². The van der Waals surface area contributed by atoms with E-state index in [1.54, 1.807) is 0 Å². The molecule has 4 heterocycles. The second kappa shape index (κ2) is 7.38. The summed E-state index contributed by atoms with van der Waals surface area (Å²) in [6.45, 7) is 10.6. The quantitative estimate of drug-likeness (QED) is 0.440. The van der Waals surface area contributed by atoms with Crippen LogP contribution < -0.4 is 0 Å². The third kappa shape index (κ3) is 3.49. The van der Waals surface area contributed by atoms with Gasteiger partial charge in [-0.3, -0.25) is 4.98 Å². The van der Waals surface area contributed by atoms with Gasteiger partial charge in [0, 0.05) is 40.7 Å². The molecule has 6 heteroatoms. The number of oxazole rings is 1. The maximum atomic E-state index is 6.07. The SMILES string of the molecule is Cc1cc2oc(-c3cc(C)c4cc(C5C[C@@H](C)N(C)[C@@H](C)C5)nnc4c3)nc2c(C)n1. The van der Waals surface area contributed by atoms with Crippen LogP contribution in [0.25, 0.3) is 33.5 Å². The fraction of sp³-hybridized carbons (Fsp3) is 0.440. The summed E-state index contributed by atoms with van der Waals surface area (Å²) >= 11 is 0. The Bertz CT molecular complexity index is 1280. The summed E-state index contributed by atoms with van der Waals surface area (Å²) in [6.07, 6.45) is 2.24. The normalized spacial score (nSPS) is 22.5. The van der Waals surface area contributed by atoms with E-state index < -0.39 is 0 Å². The molecule has 4 aromatic rings. The molecule has 31 heavy (non-hydrogen) atoms. The molecule has 1 saturated heterocycles. The number of aromatic nitrogens is 4. The Morgan fingerprint density at radius 1 is 0.935 bits per heavy atom. The first kappa shape index (κ1) is 20.1. The summed E-state index contributed by atoms with van der Waals surface area (Å²) in [4.78, 5) is 11.7. The Morgan fingerprint density at radius 3 is 2.42 bits per heavy atom. The van der Waals surface area contributed by atoms with Gasteiger partial charge in [-0.2, -0.15) is 10.2 Å². The molecule has 160 valence electrons. The molecule has 0 N–H and O–H groups in total. The van der Waals surface area contributed by atoms with Crippen LogP contribution in [0, 0.1) is 20.8 Å². The summed E-state index contributed by atoms with van der Waals surface area (Å²) in [5.41, 5.74) is 7.45. The molecule has 1 aliphatic heterocycles. The number of aryl methyl sites for hydroxylation is 3. The second-order valence-electron chi connectivity index (χ2n) is 9.24. The van der Waals surface area contributed by atoms with Crippen LogP contribution in [-0.4, -0.2) is 44.2 Å². The van der Waals surface area contributed by atoms with Crippen molar-refractivity contribution in [3.8, 4) is 11.5 Å². The summed E-state index contributed by atoms with van der Waals surface area (Å²) in [7, 11) is 2.22. The van der Waals surface area contributed by atoms with Gasteiger partial charge in [0.25, 0.3) is 0 Å². The van der Waals surface area contributed by atoms with Crippen LogP contribution in [0.4, 0.5) is 0 Å². The highest BCUT2D eigenvalue weighted by Crippen LogP contribution is 2.35. The number of hydrogen-bond donors (Lipinski definition) is 0. The van der Waals surface area contributed by atoms with Crippen molar-refractivity contribution in [2.45, 2.75) is 65.5 Å². The van der Waals surface area contributed by atoms with Crippen molar-refractivity contribution < 1.29 is 4.42 Å². The second-order valence-corrected chi connectivity index (χ2v) is 9.24. The van der Waals surface area contributed by atoms with E-state index in [0.29, 0.717) is 23.9 Å². The first-order chi connectivity index (χ1) is 14.8. The monoisotopic (exact) mass is 415 g/mol. The van der Waals surface area contributed by atoms with Gasteiger partial charge < -0.3 is 9.32 Å². The van der Waals surface area contributed by atoms with Gasteiger partial charge in [-0.1, -0.05) is 0 Å². The lowest BCUT2D eigenvalue weighted by Crippen LogP contribution is -2.43. The first-order valence-corrected chi connectivity index (χ1v) is 11.0. The molecule has 3 atom stereocenters. The molecule has 1 aromatic carbocycles. The smallest absolute Gasteiger partial charge is 0.227 e. The predicted molar refractivity (Wildman–Crippen MR) is 123 cm³/mol. The molecule has 0 aliphatic carbocycles. The molecular weight excluding hydrogens is 386 g/mol. The number of hydrogen-bond acceptors (Lipinski definition) is 6. The maximum absolute atomic E-state index is 6.07. The highest BCUT2D eigenvalue weighted by atomic mass is 16.3. The van der Waals surface area contributed by atoms with Crippen LogP contribution in [0.15, 0.2) is 28.7 Å². The van der Waals surface area contributed by atoms with Crippen molar-refractivity contribution in [1.82, 2.24) is 25.1 Å². The van der Waals surface area contributed by atoms with Crippen LogP contribution in [-0.2, 0) is 0 Å². The Hall–Kier alpha value is -2.86. The van der Waals surface area contributed by atoms with Gasteiger partial charge in [-0.15, -0.1) is 0 Å². The minimum absolute atomic E-state index is 0.452. The topological polar surface area (TPSA) is 67.9 Å².